The van der Waals surface area contributed by atoms with Crippen LogP contribution in [0.25, 0.3) is 11.4 Å². The molecule has 0 aliphatic carbocycles. The van der Waals surface area contributed by atoms with E-state index in [9.17, 15) is 12.8 Å². The molecule has 2 heterocycles. The van der Waals surface area contributed by atoms with E-state index in [-0.39, 0.29) is 16.1 Å². The van der Waals surface area contributed by atoms with E-state index in [2.05, 4.69) is 14.9 Å². The second kappa shape index (κ2) is 7.11. The molecule has 6 nitrogen and oxygen atoms in total. The van der Waals surface area contributed by atoms with Gasteiger partial charge in [-0.2, -0.15) is 0 Å². The highest BCUT2D eigenvalue weighted by Crippen LogP contribution is 2.28. The van der Waals surface area contributed by atoms with Crippen LogP contribution >= 0.6 is 0 Å². The number of hydrogen-bond donors (Lipinski definition) is 1. The summed E-state index contributed by atoms with van der Waals surface area (Å²) in [4.78, 5) is 0.146. The highest BCUT2D eigenvalue weighted by Gasteiger charge is 2.20. The first-order valence-electron chi connectivity index (χ1n) is 8.84. The third-order valence-electron chi connectivity index (χ3n) is 4.62. The number of nitrogens with zero attached hydrogens (tertiary/aromatic N) is 3. The maximum Gasteiger partial charge on any atom is 0.261 e. The quantitative estimate of drug-likeness (QED) is 0.743. The highest BCUT2D eigenvalue weighted by atomic mass is 32.2. The van der Waals surface area contributed by atoms with E-state index in [1.165, 1.54) is 30.3 Å². The Hall–Kier alpha value is -2.74. The van der Waals surface area contributed by atoms with Crippen molar-refractivity contribution in [3.8, 4) is 11.4 Å². The number of aryl methyl sites for hydroxylation is 1. The zero-order valence-electron chi connectivity index (χ0n) is 14.6. The fraction of sp³-hybridized carbons (Fsp3) is 0.263. The lowest BCUT2D eigenvalue weighted by Crippen LogP contribution is -2.13. The van der Waals surface area contributed by atoms with E-state index < -0.39 is 15.8 Å². The SMILES string of the molecule is O=S(=O)(Nc1ccc(F)c(-c2nnc3n2CCCCC3)c1)c1ccccc1. The van der Waals surface area contributed by atoms with Crippen LogP contribution in [0.2, 0.25) is 0 Å². The summed E-state index contributed by atoms with van der Waals surface area (Å²) < 4.78 is 44.0. The minimum Gasteiger partial charge on any atom is -0.311 e. The van der Waals surface area contributed by atoms with Gasteiger partial charge < -0.3 is 4.57 Å². The Morgan fingerprint density at radius 2 is 1.81 bits per heavy atom. The molecule has 0 fully saturated rings. The number of benzene rings is 2. The molecule has 0 spiro atoms. The van der Waals surface area contributed by atoms with Crippen molar-refractivity contribution in [2.45, 2.75) is 37.1 Å². The van der Waals surface area contributed by atoms with Gasteiger partial charge in [0.15, 0.2) is 5.82 Å². The largest absolute Gasteiger partial charge is 0.311 e. The average molecular weight is 386 g/mol. The Morgan fingerprint density at radius 3 is 2.63 bits per heavy atom. The standard InChI is InChI=1S/C19H19FN4O2S/c20-17-11-10-14(23-27(25,26)15-7-3-1-4-8-15)13-16(17)19-22-21-18-9-5-2-6-12-24(18)19/h1,3-4,7-8,10-11,13,23H,2,5-6,9,12H2. The van der Waals surface area contributed by atoms with Gasteiger partial charge in [-0.1, -0.05) is 24.6 Å². The number of sulfonamides is 1. The number of rotatable bonds is 4. The van der Waals surface area contributed by atoms with Crippen LogP contribution < -0.4 is 4.72 Å². The second-order valence-corrected chi connectivity index (χ2v) is 8.20. The third-order valence-corrected chi connectivity index (χ3v) is 6.02. The van der Waals surface area contributed by atoms with Gasteiger partial charge in [0.05, 0.1) is 10.5 Å². The summed E-state index contributed by atoms with van der Waals surface area (Å²) in [5, 5.41) is 8.36. The van der Waals surface area contributed by atoms with Gasteiger partial charge in [-0.15, -0.1) is 10.2 Å². The fourth-order valence-corrected chi connectivity index (χ4v) is 4.33. The summed E-state index contributed by atoms with van der Waals surface area (Å²) >= 11 is 0. The fourth-order valence-electron chi connectivity index (χ4n) is 3.26. The monoisotopic (exact) mass is 386 g/mol. The smallest absolute Gasteiger partial charge is 0.261 e. The molecule has 4 rings (SSSR count). The lowest BCUT2D eigenvalue weighted by Gasteiger charge is -2.11. The molecule has 27 heavy (non-hydrogen) atoms. The van der Waals surface area contributed by atoms with Crippen molar-refractivity contribution in [3.05, 3.63) is 60.2 Å². The minimum atomic E-state index is -3.75. The van der Waals surface area contributed by atoms with Crippen molar-refractivity contribution in [3.63, 3.8) is 0 Å². The van der Waals surface area contributed by atoms with Crippen molar-refractivity contribution >= 4 is 15.7 Å². The van der Waals surface area contributed by atoms with Crippen LogP contribution in [0.1, 0.15) is 25.1 Å². The molecule has 0 saturated heterocycles. The molecule has 8 heteroatoms. The number of nitrogens with one attached hydrogen (secondary N) is 1. The predicted octanol–water partition coefficient (Wildman–Crippen LogP) is 3.61. The molecular weight excluding hydrogens is 367 g/mol. The van der Waals surface area contributed by atoms with E-state index >= 15 is 0 Å². The Kier molecular flexibility index (Phi) is 4.65. The molecule has 0 atom stereocenters. The summed E-state index contributed by atoms with van der Waals surface area (Å²) in [6.45, 7) is 0.733. The lowest BCUT2D eigenvalue weighted by atomic mass is 10.1. The van der Waals surface area contributed by atoms with Crippen molar-refractivity contribution < 1.29 is 12.8 Å². The Bertz CT molecular complexity index is 1060. The first-order valence-corrected chi connectivity index (χ1v) is 10.3. The van der Waals surface area contributed by atoms with Gasteiger partial charge in [0.2, 0.25) is 0 Å². The highest BCUT2D eigenvalue weighted by molar-refractivity contribution is 7.92. The number of halogens is 1. The summed E-state index contributed by atoms with van der Waals surface area (Å²) in [5.41, 5.74) is 0.519. The second-order valence-electron chi connectivity index (χ2n) is 6.52. The number of fused-ring (bicyclic) bond motifs is 1. The van der Waals surface area contributed by atoms with Crippen LogP contribution in [0.5, 0.6) is 0 Å². The van der Waals surface area contributed by atoms with Crippen LogP contribution in [-0.4, -0.2) is 23.2 Å². The van der Waals surface area contributed by atoms with E-state index in [4.69, 9.17) is 0 Å². The number of hydrogen-bond acceptors (Lipinski definition) is 4. The van der Waals surface area contributed by atoms with Crippen LogP contribution in [0.4, 0.5) is 10.1 Å². The normalized spacial score (nSPS) is 14.4. The molecule has 0 amide bonds. The Morgan fingerprint density at radius 1 is 1.00 bits per heavy atom. The van der Waals surface area contributed by atoms with Crippen LogP contribution in [0, 0.1) is 5.82 Å². The first-order chi connectivity index (χ1) is 13.0. The molecule has 1 N–H and O–H groups in total. The first kappa shape index (κ1) is 17.7. The molecule has 0 radical (unpaired) electrons. The molecular formula is C19H19FN4O2S. The molecule has 1 aliphatic rings. The van der Waals surface area contributed by atoms with E-state index in [0.717, 1.165) is 38.1 Å². The maximum atomic E-state index is 14.5. The topological polar surface area (TPSA) is 76.9 Å². The summed E-state index contributed by atoms with van der Waals surface area (Å²) in [5.74, 6) is 0.819. The number of anilines is 1. The zero-order chi connectivity index (χ0) is 18.9. The predicted molar refractivity (Wildman–Crippen MR) is 100 cm³/mol. The van der Waals surface area contributed by atoms with Gasteiger partial charge in [0, 0.05) is 18.7 Å². The van der Waals surface area contributed by atoms with Gasteiger partial charge in [-0.3, -0.25) is 4.72 Å². The minimum absolute atomic E-state index is 0.146. The van der Waals surface area contributed by atoms with Gasteiger partial charge in [0.1, 0.15) is 11.6 Å². The van der Waals surface area contributed by atoms with Crippen LogP contribution in [-0.2, 0) is 23.0 Å². The molecule has 1 aliphatic heterocycles. The van der Waals surface area contributed by atoms with Crippen LogP contribution in [0.3, 0.4) is 0 Å². The molecule has 0 bridgehead atoms. The van der Waals surface area contributed by atoms with Crippen molar-refractivity contribution in [1.29, 1.82) is 0 Å². The molecule has 0 unspecified atom stereocenters. The maximum absolute atomic E-state index is 14.5. The summed E-state index contributed by atoms with van der Waals surface area (Å²) in [6.07, 6.45) is 3.94. The van der Waals surface area contributed by atoms with Gasteiger partial charge in [0.25, 0.3) is 10.0 Å². The van der Waals surface area contributed by atoms with E-state index in [0.29, 0.717) is 5.82 Å². The third kappa shape index (κ3) is 3.57. The Balaban J connectivity index is 1.70. The number of aromatic nitrogens is 3. The van der Waals surface area contributed by atoms with Gasteiger partial charge in [-0.05, 0) is 43.2 Å². The molecule has 2 aromatic carbocycles. The zero-order valence-corrected chi connectivity index (χ0v) is 15.4. The Labute approximate surface area is 157 Å². The van der Waals surface area contributed by atoms with Crippen molar-refractivity contribution in [1.82, 2.24) is 14.8 Å². The van der Waals surface area contributed by atoms with Crippen molar-refractivity contribution in [2.24, 2.45) is 0 Å². The lowest BCUT2D eigenvalue weighted by molar-refractivity contribution is 0.601. The van der Waals surface area contributed by atoms with Gasteiger partial charge in [-0.25, -0.2) is 12.8 Å². The van der Waals surface area contributed by atoms with Gasteiger partial charge >= 0.3 is 0 Å². The molecule has 1 aromatic heterocycles. The molecule has 140 valence electrons. The van der Waals surface area contributed by atoms with Crippen LogP contribution in [0.15, 0.2) is 53.4 Å². The molecule has 0 saturated carbocycles. The molecule has 3 aromatic rings. The average Bonchev–Trinajstić information content (AvgIpc) is 2.91. The van der Waals surface area contributed by atoms with E-state index in [1.807, 2.05) is 4.57 Å². The van der Waals surface area contributed by atoms with Crippen molar-refractivity contribution in [2.75, 3.05) is 4.72 Å². The van der Waals surface area contributed by atoms with E-state index in [1.54, 1.807) is 18.2 Å². The summed E-state index contributed by atoms with van der Waals surface area (Å²) in [7, 11) is -3.75. The summed E-state index contributed by atoms with van der Waals surface area (Å²) in [6, 6.07) is 12.2.